The molecule has 106 valence electrons. The zero-order valence-corrected chi connectivity index (χ0v) is 12.7. The molecule has 0 saturated carbocycles. The molecule has 1 aliphatic rings. The summed E-state index contributed by atoms with van der Waals surface area (Å²) in [5, 5.41) is 0.881. The minimum Gasteiger partial charge on any atom is -0.274 e. The van der Waals surface area contributed by atoms with E-state index in [0.717, 1.165) is 22.7 Å². The Morgan fingerprint density at radius 2 is 1.67 bits per heavy atom. The topological polar surface area (TPSA) is 20.3 Å². The van der Waals surface area contributed by atoms with Crippen molar-refractivity contribution in [3.05, 3.63) is 77.3 Å². The van der Waals surface area contributed by atoms with Gasteiger partial charge in [-0.1, -0.05) is 73.3 Å². The fraction of sp³-hybridized carbons (Fsp3) is 0.167. The van der Waals surface area contributed by atoms with Gasteiger partial charge >= 0.3 is 0 Å². The standard InChI is InChI=1S/C18H17NOS/c1-2-9-16-19(15-12-7-4-8-13-15)18(20)17(21-16)14-10-5-3-6-11-14/h3-13,17H,2H2,1H3/b16-9-. The Labute approximate surface area is 129 Å². The van der Waals surface area contributed by atoms with Crippen molar-refractivity contribution in [3.8, 4) is 0 Å². The number of carbonyl (C=O) groups is 1. The van der Waals surface area contributed by atoms with Crippen LogP contribution in [0.3, 0.4) is 0 Å². The van der Waals surface area contributed by atoms with Crippen LogP contribution in [0.25, 0.3) is 0 Å². The van der Waals surface area contributed by atoms with Crippen LogP contribution in [0, 0.1) is 0 Å². The maximum atomic E-state index is 12.9. The molecule has 1 heterocycles. The number of amides is 1. The first kappa shape index (κ1) is 14.0. The summed E-state index contributed by atoms with van der Waals surface area (Å²) < 4.78 is 0. The van der Waals surface area contributed by atoms with Crippen LogP contribution in [0.5, 0.6) is 0 Å². The summed E-state index contributed by atoms with van der Waals surface area (Å²) in [7, 11) is 0. The van der Waals surface area contributed by atoms with E-state index in [1.165, 1.54) is 0 Å². The molecule has 0 N–H and O–H groups in total. The lowest BCUT2D eigenvalue weighted by Crippen LogP contribution is -2.25. The molecule has 0 bridgehead atoms. The number of benzene rings is 2. The lowest BCUT2D eigenvalue weighted by Gasteiger charge is -2.17. The smallest absolute Gasteiger partial charge is 0.249 e. The molecule has 1 fully saturated rings. The van der Waals surface area contributed by atoms with Crippen molar-refractivity contribution >= 4 is 23.4 Å². The molecule has 1 unspecified atom stereocenters. The van der Waals surface area contributed by atoms with Gasteiger partial charge in [0.1, 0.15) is 5.25 Å². The minimum atomic E-state index is -0.149. The van der Waals surface area contributed by atoms with Crippen LogP contribution in [0.2, 0.25) is 0 Å². The van der Waals surface area contributed by atoms with Crippen molar-refractivity contribution in [2.24, 2.45) is 0 Å². The van der Waals surface area contributed by atoms with Crippen LogP contribution in [0.4, 0.5) is 5.69 Å². The monoisotopic (exact) mass is 295 g/mol. The largest absolute Gasteiger partial charge is 0.274 e. The van der Waals surface area contributed by atoms with Crippen molar-refractivity contribution in [3.63, 3.8) is 0 Å². The number of hydrogen-bond acceptors (Lipinski definition) is 2. The third-order valence-electron chi connectivity index (χ3n) is 3.40. The van der Waals surface area contributed by atoms with Crippen molar-refractivity contribution < 1.29 is 4.79 Å². The Morgan fingerprint density at radius 3 is 2.29 bits per heavy atom. The molecule has 1 aliphatic heterocycles. The average Bonchev–Trinajstić information content (AvgIpc) is 2.86. The molecular formula is C18H17NOS. The predicted molar refractivity (Wildman–Crippen MR) is 89.1 cm³/mol. The number of para-hydroxylation sites is 1. The second-order valence-electron chi connectivity index (χ2n) is 4.87. The zero-order valence-electron chi connectivity index (χ0n) is 11.9. The van der Waals surface area contributed by atoms with Crippen molar-refractivity contribution in [2.75, 3.05) is 4.90 Å². The van der Waals surface area contributed by atoms with E-state index in [9.17, 15) is 4.79 Å². The van der Waals surface area contributed by atoms with E-state index in [-0.39, 0.29) is 11.2 Å². The van der Waals surface area contributed by atoms with E-state index in [1.807, 2.05) is 65.6 Å². The summed E-state index contributed by atoms with van der Waals surface area (Å²) in [6.07, 6.45) is 3.04. The maximum absolute atomic E-state index is 12.9. The number of rotatable bonds is 3. The molecule has 0 spiro atoms. The van der Waals surface area contributed by atoms with E-state index in [4.69, 9.17) is 0 Å². The predicted octanol–water partition coefficient (Wildman–Crippen LogP) is 4.76. The minimum absolute atomic E-state index is 0.136. The van der Waals surface area contributed by atoms with Gasteiger partial charge in [-0.3, -0.25) is 9.69 Å². The van der Waals surface area contributed by atoms with Crippen LogP contribution in [-0.4, -0.2) is 5.91 Å². The van der Waals surface area contributed by atoms with Crippen LogP contribution >= 0.6 is 11.8 Å². The fourth-order valence-electron chi connectivity index (χ4n) is 2.43. The third-order valence-corrected chi connectivity index (χ3v) is 4.70. The molecule has 1 amide bonds. The number of anilines is 1. The molecule has 3 rings (SSSR count). The first-order valence-electron chi connectivity index (χ1n) is 7.12. The summed E-state index contributed by atoms with van der Waals surface area (Å²) in [6.45, 7) is 2.09. The molecule has 2 nitrogen and oxygen atoms in total. The summed E-state index contributed by atoms with van der Waals surface area (Å²) in [4.78, 5) is 14.7. The molecule has 21 heavy (non-hydrogen) atoms. The Balaban J connectivity index is 1.99. The normalized spacial score (nSPS) is 20.2. The van der Waals surface area contributed by atoms with E-state index < -0.39 is 0 Å². The molecule has 3 heteroatoms. The van der Waals surface area contributed by atoms with Gasteiger partial charge in [-0.05, 0) is 24.1 Å². The van der Waals surface area contributed by atoms with E-state index in [1.54, 1.807) is 11.8 Å². The second kappa shape index (κ2) is 6.19. The van der Waals surface area contributed by atoms with Crippen molar-refractivity contribution in [2.45, 2.75) is 18.6 Å². The van der Waals surface area contributed by atoms with Gasteiger partial charge in [0.05, 0.1) is 5.03 Å². The van der Waals surface area contributed by atoms with Gasteiger partial charge in [-0.15, -0.1) is 0 Å². The fourth-order valence-corrected chi connectivity index (χ4v) is 3.74. The van der Waals surface area contributed by atoms with Gasteiger partial charge in [0, 0.05) is 5.69 Å². The van der Waals surface area contributed by atoms with Crippen LogP contribution < -0.4 is 4.90 Å². The number of allylic oxidation sites excluding steroid dienone is 1. The van der Waals surface area contributed by atoms with Crippen LogP contribution in [0.1, 0.15) is 24.2 Å². The number of nitrogens with zero attached hydrogens (tertiary/aromatic N) is 1. The van der Waals surface area contributed by atoms with Crippen LogP contribution in [0.15, 0.2) is 71.8 Å². The molecule has 0 radical (unpaired) electrons. The Bertz CT molecular complexity index is 651. The van der Waals surface area contributed by atoms with E-state index in [2.05, 4.69) is 13.0 Å². The summed E-state index contributed by atoms with van der Waals surface area (Å²) >= 11 is 1.64. The quantitative estimate of drug-likeness (QED) is 0.813. The molecule has 1 saturated heterocycles. The van der Waals surface area contributed by atoms with Gasteiger partial charge in [0.15, 0.2) is 0 Å². The van der Waals surface area contributed by atoms with Gasteiger partial charge in [0.25, 0.3) is 0 Å². The van der Waals surface area contributed by atoms with Gasteiger partial charge in [-0.25, -0.2) is 0 Å². The highest BCUT2D eigenvalue weighted by atomic mass is 32.2. The number of hydrogen-bond donors (Lipinski definition) is 0. The zero-order chi connectivity index (χ0) is 14.7. The molecule has 1 atom stereocenters. The van der Waals surface area contributed by atoms with E-state index in [0.29, 0.717) is 0 Å². The molecular weight excluding hydrogens is 278 g/mol. The number of carbonyl (C=O) groups excluding carboxylic acids is 1. The highest BCUT2D eigenvalue weighted by Crippen LogP contribution is 2.47. The third kappa shape index (κ3) is 2.74. The first-order valence-corrected chi connectivity index (χ1v) is 8.00. The van der Waals surface area contributed by atoms with Crippen molar-refractivity contribution in [1.29, 1.82) is 0 Å². The number of thioether (sulfide) groups is 1. The van der Waals surface area contributed by atoms with Crippen LogP contribution in [-0.2, 0) is 4.79 Å². The molecule has 0 aromatic heterocycles. The first-order chi connectivity index (χ1) is 10.3. The SMILES string of the molecule is CC/C=C1\SC(c2ccccc2)C(=O)N1c1ccccc1. The molecule has 2 aromatic rings. The van der Waals surface area contributed by atoms with Gasteiger partial charge in [-0.2, -0.15) is 0 Å². The maximum Gasteiger partial charge on any atom is 0.249 e. The van der Waals surface area contributed by atoms with Gasteiger partial charge < -0.3 is 0 Å². The average molecular weight is 295 g/mol. The summed E-state index contributed by atoms with van der Waals surface area (Å²) in [6, 6.07) is 19.8. The lowest BCUT2D eigenvalue weighted by molar-refractivity contribution is -0.117. The molecule has 2 aromatic carbocycles. The highest BCUT2D eigenvalue weighted by Gasteiger charge is 2.38. The highest BCUT2D eigenvalue weighted by molar-refractivity contribution is 8.04. The second-order valence-corrected chi connectivity index (χ2v) is 5.99. The molecule has 0 aliphatic carbocycles. The van der Waals surface area contributed by atoms with Gasteiger partial charge in [0.2, 0.25) is 5.91 Å². The lowest BCUT2D eigenvalue weighted by atomic mass is 10.1. The Kier molecular flexibility index (Phi) is 4.11. The van der Waals surface area contributed by atoms with E-state index >= 15 is 0 Å². The summed E-state index contributed by atoms with van der Waals surface area (Å²) in [5.74, 6) is 0.136. The Morgan fingerprint density at radius 1 is 1.05 bits per heavy atom. The Hall–Kier alpha value is -2.00. The summed E-state index contributed by atoms with van der Waals surface area (Å²) in [5.41, 5.74) is 2.00. The van der Waals surface area contributed by atoms with Crippen molar-refractivity contribution in [1.82, 2.24) is 0 Å².